The summed E-state index contributed by atoms with van der Waals surface area (Å²) in [4.78, 5) is 17.2. The number of halogens is 1. The smallest absolute Gasteiger partial charge is 0.272 e. The normalized spacial score (nSPS) is 11.6. The van der Waals surface area contributed by atoms with Crippen LogP contribution in [0.25, 0.3) is 16.9 Å². The van der Waals surface area contributed by atoms with Gasteiger partial charge in [-0.1, -0.05) is 23.7 Å². The number of hydrogen-bond acceptors (Lipinski definition) is 5. The van der Waals surface area contributed by atoms with Crippen molar-refractivity contribution in [1.82, 2.24) is 20.1 Å². The summed E-state index contributed by atoms with van der Waals surface area (Å²) in [6, 6.07) is 15.0. The number of aromatic nitrogens is 3. The number of benzene rings is 2. The molecule has 33 heavy (non-hydrogen) atoms. The second-order valence-corrected chi connectivity index (χ2v) is 8.03. The first-order chi connectivity index (χ1) is 16.1. The molecule has 0 atom stereocenters. The van der Waals surface area contributed by atoms with E-state index in [1.165, 1.54) is 0 Å². The molecule has 7 nitrogen and oxygen atoms in total. The molecule has 1 amide bonds. The highest BCUT2D eigenvalue weighted by Crippen LogP contribution is 2.45. The molecule has 2 aromatic heterocycles. The number of carbonyl (C=O) groups excluding carboxylic acids is 1. The Labute approximate surface area is 195 Å². The number of nitrogens with zero attached hydrogens (tertiary/aromatic N) is 3. The Hall–Kier alpha value is -3.84. The maximum atomic E-state index is 13.2. The van der Waals surface area contributed by atoms with Crippen LogP contribution in [0, 0.1) is 0 Å². The van der Waals surface area contributed by atoms with E-state index in [9.17, 15) is 4.79 Å². The number of fused-ring (bicyclic) bond motifs is 3. The second-order valence-electron chi connectivity index (χ2n) is 7.62. The third-order valence-electron chi connectivity index (χ3n) is 5.71. The van der Waals surface area contributed by atoms with Gasteiger partial charge in [-0.2, -0.15) is 5.10 Å². The van der Waals surface area contributed by atoms with E-state index >= 15 is 0 Å². The van der Waals surface area contributed by atoms with Crippen LogP contribution in [0.1, 0.15) is 27.2 Å². The van der Waals surface area contributed by atoms with E-state index in [-0.39, 0.29) is 5.91 Å². The molecule has 0 radical (unpaired) electrons. The van der Waals surface area contributed by atoms with Crippen LogP contribution in [0.15, 0.2) is 60.9 Å². The van der Waals surface area contributed by atoms with Gasteiger partial charge < -0.3 is 14.8 Å². The number of carbonyl (C=O) groups is 1. The largest absolute Gasteiger partial charge is 0.493 e. The SMILES string of the molecule is COc1cc2c(cc1OC)-c1c(c(C(=O)NCc3ccncc3)nn1-c1ccccc1Cl)C2. The van der Waals surface area contributed by atoms with E-state index in [1.807, 2.05) is 42.5 Å². The van der Waals surface area contributed by atoms with Gasteiger partial charge in [-0.05, 0) is 47.5 Å². The first kappa shape index (κ1) is 21.0. The fourth-order valence-corrected chi connectivity index (χ4v) is 4.34. The Morgan fingerprint density at radius 3 is 2.55 bits per heavy atom. The maximum Gasteiger partial charge on any atom is 0.272 e. The topological polar surface area (TPSA) is 78.3 Å². The van der Waals surface area contributed by atoms with Crippen molar-refractivity contribution in [2.45, 2.75) is 13.0 Å². The molecule has 0 saturated heterocycles. The summed E-state index contributed by atoms with van der Waals surface area (Å²) in [5.74, 6) is 1.00. The predicted molar refractivity (Wildman–Crippen MR) is 125 cm³/mol. The van der Waals surface area contributed by atoms with Crippen LogP contribution in [-0.2, 0) is 13.0 Å². The molecule has 0 saturated carbocycles. The van der Waals surface area contributed by atoms with Gasteiger partial charge in [0.05, 0.1) is 30.6 Å². The van der Waals surface area contributed by atoms with Gasteiger partial charge in [0.25, 0.3) is 5.91 Å². The van der Waals surface area contributed by atoms with Crippen molar-refractivity contribution >= 4 is 17.5 Å². The first-order valence-electron chi connectivity index (χ1n) is 10.4. The molecule has 0 fully saturated rings. The summed E-state index contributed by atoms with van der Waals surface area (Å²) in [6.07, 6.45) is 3.94. The zero-order chi connectivity index (χ0) is 22.9. The van der Waals surface area contributed by atoms with E-state index in [0.717, 1.165) is 27.9 Å². The number of ether oxygens (including phenoxy) is 2. The van der Waals surface area contributed by atoms with Crippen LogP contribution in [0.3, 0.4) is 0 Å². The molecular formula is C25H21ClN4O3. The fraction of sp³-hybridized carbons (Fsp3) is 0.160. The number of hydrogen-bond donors (Lipinski definition) is 1. The predicted octanol–water partition coefficient (Wildman–Crippen LogP) is 4.44. The molecule has 0 aliphatic heterocycles. The number of para-hydroxylation sites is 1. The van der Waals surface area contributed by atoms with Crippen LogP contribution in [0.4, 0.5) is 0 Å². The molecule has 5 rings (SSSR count). The summed E-state index contributed by atoms with van der Waals surface area (Å²) >= 11 is 6.51. The highest BCUT2D eigenvalue weighted by Gasteiger charge is 2.32. The van der Waals surface area contributed by atoms with E-state index in [2.05, 4.69) is 10.3 Å². The highest BCUT2D eigenvalue weighted by atomic mass is 35.5. The third-order valence-corrected chi connectivity index (χ3v) is 6.03. The van der Waals surface area contributed by atoms with Crippen molar-refractivity contribution in [2.75, 3.05) is 14.2 Å². The molecule has 1 aliphatic carbocycles. The van der Waals surface area contributed by atoms with E-state index in [4.69, 9.17) is 26.2 Å². The van der Waals surface area contributed by atoms with Gasteiger partial charge in [-0.15, -0.1) is 0 Å². The Balaban J connectivity index is 1.61. The lowest BCUT2D eigenvalue weighted by atomic mass is 10.1. The number of pyridine rings is 1. The monoisotopic (exact) mass is 460 g/mol. The Kier molecular flexibility index (Phi) is 5.48. The van der Waals surface area contributed by atoms with Crippen LogP contribution in [-0.4, -0.2) is 34.9 Å². The molecule has 4 aromatic rings. The van der Waals surface area contributed by atoms with E-state index in [1.54, 1.807) is 37.4 Å². The molecular weight excluding hydrogens is 440 g/mol. The molecule has 0 bridgehead atoms. The minimum absolute atomic E-state index is 0.249. The number of methoxy groups -OCH3 is 2. The van der Waals surface area contributed by atoms with Crippen LogP contribution >= 0.6 is 11.6 Å². The third kappa shape index (κ3) is 3.70. The summed E-state index contributed by atoms with van der Waals surface area (Å²) in [5.41, 5.74) is 5.66. The van der Waals surface area contributed by atoms with Crippen molar-refractivity contribution in [3.8, 4) is 28.4 Å². The van der Waals surface area contributed by atoms with Gasteiger partial charge in [0.15, 0.2) is 17.2 Å². The second kappa shape index (κ2) is 8.60. The number of rotatable bonds is 6. The van der Waals surface area contributed by atoms with Gasteiger partial charge in [0.2, 0.25) is 0 Å². The molecule has 8 heteroatoms. The minimum Gasteiger partial charge on any atom is -0.493 e. The Bertz CT molecular complexity index is 1350. The molecule has 2 aromatic carbocycles. The van der Waals surface area contributed by atoms with E-state index < -0.39 is 0 Å². The number of amides is 1. The summed E-state index contributed by atoms with van der Waals surface area (Å²) < 4.78 is 12.8. The van der Waals surface area contributed by atoms with Crippen LogP contribution < -0.4 is 14.8 Å². The summed E-state index contributed by atoms with van der Waals surface area (Å²) in [7, 11) is 3.21. The summed E-state index contributed by atoms with van der Waals surface area (Å²) in [6.45, 7) is 0.379. The average molecular weight is 461 g/mol. The Morgan fingerprint density at radius 2 is 1.82 bits per heavy atom. The van der Waals surface area contributed by atoms with Gasteiger partial charge in [-0.3, -0.25) is 9.78 Å². The van der Waals surface area contributed by atoms with Crippen molar-refractivity contribution in [2.24, 2.45) is 0 Å². The highest BCUT2D eigenvalue weighted by molar-refractivity contribution is 6.32. The van der Waals surface area contributed by atoms with Crippen LogP contribution in [0.5, 0.6) is 11.5 Å². The molecule has 1 N–H and O–H groups in total. The first-order valence-corrected chi connectivity index (χ1v) is 10.8. The van der Waals surface area contributed by atoms with Gasteiger partial charge >= 0.3 is 0 Å². The van der Waals surface area contributed by atoms with Gasteiger partial charge in [-0.25, -0.2) is 4.68 Å². The van der Waals surface area contributed by atoms with Crippen molar-refractivity contribution < 1.29 is 14.3 Å². The quantitative estimate of drug-likeness (QED) is 0.405. The standard InChI is InChI=1S/C25H21ClN4O3/c1-32-21-12-16-11-18-23(25(31)28-14-15-7-9-27-10-8-15)29-30(20-6-4-3-5-19(20)26)24(18)17(16)13-22(21)33-2/h3-10,12-13H,11,14H2,1-2H3,(H,28,31). The lowest BCUT2D eigenvalue weighted by Gasteiger charge is -2.13. The zero-order valence-electron chi connectivity index (χ0n) is 18.1. The molecule has 0 spiro atoms. The molecule has 166 valence electrons. The summed E-state index contributed by atoms with van der Waals surface area (Å²) in [5, 5.41) is 8.22. The van der Waals surface area contributed by atoms with Crippen molar-refractivity contribution in [3.05, 3.63) is 88.3 Å². The van der Waals surface area contributed by atoms with Crippen molar-refractivity contribution in [1.29, 1.82) is 0 Å². The Morgan fingerprint density at radius 1 is 1.09 bits per heavy atom. The molecule has 1 aliphatic rings. The molecule has 2 heterocycles. The number of nitrogens with one attached hydrogen (secondary N) is 1. The van der Waals surface area contributed by atoms with Gasteiger partial charge in [0, 0.05) is 36.5 Å². The fourth-order valence-electron chi connectivity index (χ4n) is 4.12. The van der Waals surface area contributed by atoms with E-state index in [0.29, 0.717) is 40.9 Å². The molecule has 0 unspecified atom stereocenters. The van der Waals surface area contributed by atoms with Crippen LogP contribution in [0.2, 0.25) is 5.02 Å². The van der Waals surface area contributed by atoms with Crippen molar-refractivity contribution in [3.63, 3.8) is 0 Å². The minimum atomic E-state index is -0.249. The zero-order valence-corrected chi connectivity index (χ0v) is 18.9. The lowest BCUT2D eigenvalue weighted by molar-refractivity contribution is 0.0944. The maximum absolute atomic E-state index is 13.2. The van der Waals surface area contributed by atoms with Gasteiger partial charge in [0.1, 0.15) is 0 Å². The lowest BCUT2D eigenvalue weighted by Crippen LogP contribution is -2.24. The average Bonchev–Trinajstić information content (AvgIpc) is 3.39.